The molecular weight excluding hydrogens is 327 g/mol. The molecule has 0 unspecified atom stereocenters. The topological polar surface area (TPSA) is 79.5 Å². The van der Waals surface area contributed by atoms with E-state index in [-0.39, 0.29) is 24.3 Å². The fourth-order valence-corrected chi connectivity index (χ4v) is 1.61. The Labute approximate surface area is 140 Å². The van der Waals surface area contributed by atoms with Gasteiger partial charge in [0.05, 0.1) is 19.6 Å². The molecular formula is C15H28F3N3O3. The lowest BCUT2D eigenvalue weighted by Gasteiger charge is -2.20. The van der Waals surface area contributed by atoms with E-state index in [0.717, 1.165) is 0 Å². The summed E-state index contributed by atoms with van der Waals surface area (Å²) in [5.74, 6) is -0.906. The Kier molecular flexibility index (Phi) is 10.6. The maximum absolute atomic E-state index is 11.9. The molecule has 0 spiro atoms. The quantitative estimate of drug-likeness (QED) is 0.489. The molecule has 0 aliphatic rings. The van der Waals surface area contributed by atoms with E-state index in [1.807, 2.05) is 20.8 Å². The molecule has 0 aliphatic carbocycles. The van der Waals surface area contributed by atoms with Crippen LogP contribution in [-0.2, 0) is 14.3 Å². The zero-order valence-electron chi connectivity index (χ0n) is 14.5. The Balaban J connectivity index is 3.51. The first-order valence-corrected chi connectivity index (χ1v) is 7.92. The van der Waals surface area contributed by atoms with Crippen molar-refractivity contribution >= 4 is 11.8 Å². The van der Waals surface area contributed by atoms with Gasteiger partial charge in [0.1, 0.15) is 0 Å². The monoisotopic (exact) mass is 355 g/mol. The van der Waals surface area contributed by atoms with Crippen molar-refractivity contribution in [3.05, 3.63) is 0 Å². The fraction of sp³-hybridized carbons (Fsp3) is 0.867. The van der Waals surface area contributed by atoms with Crippen LogP contribution in [0.3, 0.4) is 0 Å². The number of hydrogen-bond donors (Lipinski definition) is 3. The molecule has 0 fully saturated rings. The average molecular weight is 355 g/mol. The Bertz CT molecular complexity index is 382. The molecule has 0 radical (unpaired) electrons. The zero-order valence-corrected chi connectivity index (χ0v) is 14.5. The Morgan fingerprint density at radius 2 is 1.38 bits per heavy atom. The van der Waals surface area contributed by atoms with Crippen molar-refractivity contribution in [2.75, 3.05) is 32.8 Å². The number of carbonyl (C=O) groups excluding carboxylic acids is 2. The maximum Gasteiger partial charge on any atom is 0.390 e. The van der Waals surface area contributed by atoms with Gasteiger partial charge >= 0.3 is 6.18 Å². The van der Waals surface area contributed by atoms with E-state index in [0.29, 0.717) is 26.3 Å². The molecule has 0 aliphatic heterocycles. The predicted octanol–water partition coefficient (Wildman–Crippen LogP) is 1.36. The Morgan fingerprint density at radius 3 is 1.88 bits per heavy atom. The lowest BCUT2D eigenvalue weighted by atomic mass is 10.1. The van der Waals surface area contributed by atoms with E-state index < -0.39 is 25.0 Å². The molecule has 6 nitrogen and oxygen atoms in total. The Morgan fingerprint density at radius 1 is 0.875 bits per heavy atom. The minimum absolute atomic E-state index is 0.0260. The standard InChI is InChI=1S/C15H28F3N3O3/c1-14(2,3)21-9-11-24-10-8-20-13(23)5-4-12(22)19-7-6-15(16,17)18/h21H,4-11H2,1-3H3,(H,19,22)(H,20,23). The summed E-state index contributed by atoms with van der Waals surface area (Å²) >= 11 is 0. The molecule has 9 heteroatoms. The van der Waals surface area contributed by atoms with Crippen molar-refractivity contribution in [3.8, 4) is 0 Å². The number of amides is 2. The number of alkyl halides is 3. The van der Waals surface area contributed by atoms with Gasteiger partial charge in [0, 0.05) is 38.0 Å². The van der Waals surface area contributed by atoms with Crippen molar-refractivity contribution in [3.63, 3.8) is 0 Å². The van der Waals surface area contributed by atoms with Gasteiger partial charge in [0.25, 0.3) is 0 Å². The number of rotatable bonds is 11. The second-order valence-corrected chi connectivity index (χ2v) is 6.35. The number of hydrogen-bond acceptors (Lipinski definition) is 4. The smallest absolute Gasteiger partial charge is 0.378 e. The van der Waals surface area contributed by atoms with Gasteiger partial charge in [-0.15, -0.1) is 0 Å². The molecule has 0 aromatic rings. The summed E-state index contributed by atoms with van der Waals surface area (Å²) < 4.78 is 41.0. The van der Waals surface area contributed by atoms with Crippen LogP contribution in [0.25, 0.3) is 0 Å². The summed E-state index contributed by atoms with van der Waals surface area (Å²) in [6, 6.07) is 0. The molecule has 0 rings (SSSR count). The van der Waals surface area contributed by atoms with Gasteiger partial charge in [-0.05, 0) is 20.8 Å². The summed E-state index contributed by atoms with van der Waals surface area (Å²) in [5, 5.41) is 7.96. The highest BCUT2D eigenvalue weighted by molar-refractivity contribution is 5.83. The molecule has 0 aromatic heterocycles. The SMILES string of the molecule is CC(C)(C)NCCOCCNC(=O)CCC(=O)NCCC(F)(F)F. The molecule has 0 aromatic carbocycles. The van der Waals surface area contributed by atoms with Gasteiger partial charge in [-0.3, -0.25) is 9.59 Å². The summed E-state index contributed by atoms with van der Waals surface area (Å²) in [7, 11) is 0. The van der Waals surface area contributed by atoms with Crippen LogP contribution in [0, 0.1) is 0 Å². The molecule has 0 saturated heterocycles. The van der Waals surface area contributed by atoms with E-state index in [1.165, 1.54) is 0 Å². The molecule has 0 bridgehead atoms. The summed E-state index contributed by atoms with van der Waals surface area (Å²) in [6.07, 6.45) is -5.58. The average Bonchev–Trinajstić information content (AvgIpc) is 2.41. The lowest BCUT2D eigenvalue weighted by molar-refractivity contribution is -0.136. The van der Waals surface area contributed by atoms with Crippen LogP contribution in [0.2, 0.25) is 0 Å². The van der Waals surface area contributed by atoms with Crippen molar-refractivity contribution in [2.45, 2.75) is 51.7 Å². The van der Waals surface area contributed by atoms with E-state index in [9.17, 15) is 22.8 Å². The maximum atomic E-state index is 11.9. The molecule has 24 heavy (non-hydrogen) atoms. The third-order valence-corrected chi connectivity index (χ3v) is 2.78. The van der Waals surface area contributed by atoms with Crippen LogP contribution in [0.4, 0.5) is 13.2 Å². The van der Waals surface area contributed by atoms with Crippen LogP contribution < -0.4 is 16.0 Å². The summed E-state index contributed by atoms with van der Waals surface area (Å²) in [5.41, 5.74) is 0.0260. The van der Waals surface area contributed by atoms with Crippen molar-refractivity contribution in [2.24, 2.45) is 0 Å². The third-order valence-electron chi connectivity index (χ3n) is 2.78. The highest BCUT2D eigenvalue weighted by Crippen LogP contribution is 2.18. The first kappa shape index (κ1) is 22.6. The van der Waals surface area contributed by atoms with Gasteiger partial charge in [0.2, 0.25) is 11.8 Å². The summed E-state index contributed by atoms with van der Waals surface area (Å²) in [6.45, 7) is 7.58. The molecule has 0 saturated carbocycles. The minimum Gasteiger partial charge on any atom is -0.378 e. The van der Waals surface area contributed by atoms with Crippen molar-refractivity contribution < 1.29 is 27.5 Å². The van der Waals surface area contributed by atoms with Gasteiger partial charge in [-0.1, -0.05) is 0 Å². The lowest BCUT2D eigenvalue weighted by Crippen LogP contribution is -2.38. The van der Waals surface area contributed by atoms with Gasteiger partial charge < -0.3 is 20.7 Å². The number of carbonyl (C=O) groups is 2. The molecule has 0 atom stereocenters. The number of halogens is 3. The second-order valence-electron chi connectivity index (χ2n) is 6.35. The molecule has 2 amide bonds. The predicted molar refractivity (Wildman–Crippen MR) is 84.5 cm³/mol. The zero-order chi connectivity index (χ0) is 18.6. The third kappa shape index (κ3) is 17.0. The first-order chi connectivity index (χ1) is 11.0. The number of nitrogens with one attached hydrogen (secondary N) is 3. The van der Waals surface area contributed by atoms with Crippen LogP contribution in [0.5, 0.6) is 0 Å². The fourth-order valence-electron chi connectivity index (χ4n) is 1.61. The van der Waals surface area contributed by atoms with E-state index in [2.05, 4.69) is 16.0 Å². The molecule has 3 N–H and O–H groups in total. The van der Waals surface area contributed by atoms with Crippen LogP contribution in [0.15, 0.2) is 0 Å². The number of ether oxygens (including phenoxy) is 1. The highest BCUT2D eigenvalue weighted by Gasteiger charge is 2.26. The Hall–Kier alpha value is -1.35. The first-order valence-electron chi connectivity index (χ1n) is 7.92. The van der Waals surface area contributed by atoms with E-state index in [1.54, 1.807) is 0 Å². The van der Waals surface area contributed by atoms with Gasteiger partial charge in [-0.2, -0.15) is 13.2 Å². The van der Waals surface area contributed by atoms with Crippen molar-refractivity contribution in [1.29, 1.82) is 0 Å². The van der Waals surface area contributed by atoms with Gasteiger partial charge in [0.15, 0.2) is 0 Å². The molecule has 142 valence electrons. The molecule has 0 heterocycles. The van der Waals surface area contributed by atoms with Crippen LogP contribution >= 0.6 is 0 Å². The van der Waals surface area contributed by atoms with Crippen molar-refractivity contribution in [1.82, 2.24) is 16.0 Å². The van der Waals surface area contributed by atoms with Crippen LogP contribution in [0.1, 0.15) is 40.0 Å². The minimum atomic E-state index is -4.30. The van der Waals surface area contributed by atoms with Gasteiger partial charge in [-0.25, -0.2) is 0 Å². The largest absolute Gasteiger partial charge is 0.390 e. The highest BCUT2D eigenvalue weighted by atomic mass is 19.4. The van der Waals surface area contributed by atoms with E-state index in [4.69, 9.17) is 4.74 Å². The second kappa shape index (κ2) is 11.2. The van der Waals surface area contributed by atoms with E-state index >= 15 is 0 Å². The summed E-state index contributed by atoms with van der Waals surface area (Å²) in [4.78, 5) is 22.7. The van der Waals surface area contributed by atoms with Crippen LogP contribution in [-0.4, -0.2) is 56.4 Å². The normalized spacial score (nSPS) is 12.1.